The van der Waals surface area contributed by atoms with Crippen LogP contribution in [0, 0.1) is 0 Å². The van der Waals surface area contributed by atoms with Crippen LogP contribution >= 0.6 is 11.3 Å². The average Bonchev–Trinajstić information content (AvgIpc) is 2.89. The summed E-state index contributed by atoms with van der Waals surface area (Å²) >= 11 is 1.74. The maximum Gasteiger partial charge on any atom is 0.124 e. The molecule has 1 N–H and O–H groups in total. The van der Waals surface area contributed by atoms with Crippen LogP contribution in [0.1, 0.15) is 4.88 Å². The highest BCUT2D eigenvalue weighted by Gasteiger charge is 2.01. The number of hydrogen-bond donors (Lipinski definition) is 1. The van der Waals surface area contributed by atoms with Gasteiger partial charge < -0.3 is 14.8 Å². The molecule has 17 heavy (non-hydrogen) atoms. The van der Waals surface area contributed by atoms with Crippen molar-refractivity contribution in [3.63, 3.8) is 0 Å². The summed E-state index contributed by atoms with van der Waals surface area (Å²) < 4.78 is 10.4. The van der Waals surface area contributed by atoms with Crippen LogP contribution in [0.15, 0.2) is 35.7 Å². The van der Waals surface area contributed by atoms with Gasteiger partial charge in [-0.15, -0.1) is 11.3 Å². The van der Waals surface area contributed by atoms with E-state index in [4.69, 9.17) is 9.47 Å². The lowest BCUT2D eigenvalue weighted by Crippen LogP contribution is -1.98. The Morgan fingerprint density at radius 3 is 2.35 bits per heavy atom. The van der Waals surface area contributed by atoms with Gasteiger partial charge in [-0.05, 0) is 11.4 Å². The average molecular weight is 249 g/mol. The van der Waals surface area contributed by atoms with Crippen LogP contribution in [0.2, 0.25) is 0 Å². The Balaban J connectivity index is 2.09. The first-order valence-electron chi connectivity index (χ1n) is 5.31. The van der Waals surface area contributed by atoms with E-state index in [0.29, 0.717) is 0 Å². The first-order valence-corrected chi connectivity index (χ1v) is 6.19. The zero-order valence-corrected chi connectivity index (χ0v) is 10.7. The van der Waals surface area contributed by atoms with E-state index >= 15 is 0 Å². The second kappa shape index (κ2) is 5.59. The van der Waals surface area contributed by atoms with Crippen LogP contribution in [-0.2, 0) is 6.54 Å². The molecule has 0 atom stereocenters. The highest BCUT2D eigenvalue weighted by molar-refractivity contribution is 7.09. The summed E-state index contributed by atoms with van der Waals surface area (Å²) in [5.74, 6) is 1.58. The topological polar surface area (TPSA) is 30.5 Å². The highest BCUT2D eigenvalue weighted by Crippen LogP contribution is 2.26. The molecule has 0 radical (unpaired) electrons. The lowest BCUT2D eigenvalue weighted by atomic mass is 10.2. The Labute approximate surface area is 105 Å². The van der Waals surface area contributed by atoms with Crippen molar-refractivity contribution < 1.29 is 9.47 Å². The normalized spacial score (nSPS) is 10.0. The predicted molar refractivity (Wildman–Crippen MR) is 71.2 cm³/mol. The number of nitrogens with one attached hydrogen (secondary N) is 1. The molecule has 3 nitrogen and oxygen atoms in total. The van der Waals surface area contributed by atoms with Gasteiger partial charge in [0, 0.05) is 35.3 Å². The number of methoxy groups -OCH3 is 2. The van der Waals surface area contributed by atoms with Crippen LogP contribution in [0.3, 0.4) is 0 Å². The second-order valence-electron chi connectivity index (χ2n) is 3.53. The van der Waals surface area contributed by atoms with Crippen LogP contribution in [0.4, 0.5) is 5.69 Å². The molecule has 4 heteroatoms. The van der Waals surface area contributed by atoms with Crippen LogP contribution in [0.5, 0.6) is 11.5 Å². The molecule has 0 spiro atoms. The number of benzene rings is 1. The van der Waals surface area contributed by atoms with E-state index in [2.05, 4.69) is 16.8 Å². The Hall–Kier alpha value is -1.68. The quantitative estimate of drug-likeness (QED) is 0.881. The molecule has 0 fully saturated rings. The van der Waals surface area contributed by atoms with Gasteiger partial charge in [-0.25, -0.2) is 0 Å². The van der Waals surface area contributed by atoms with E-state index in [1.165, 1.54) is 4.88 Å². The Morgan fingerprint density at radius 1 is 1.12 bits per heavy atom. The SMILES string of the molecule is COc1cc(NCc2cccs2)cc(OC)c1. The van der Waals surface area contributed by atoms with Crippen molar-refractivity contribution in [3.05, 3.63) is 40.6 Å². The molecule has 1 heterocycles. The van der Waals surface area contributed by atoms with Crippen molar-refractivity contribution in [1.29, 1.82) is 0 Å². The summed E-state index contributed by atoms with van der Waals surface area (Å²) in [6, 6.07) is 9.92. The summed E-state index contributed by atoms with van der Waals surface area (Å²) in [7, 11) is 3.30. The first-order chi connectivity index (χ1) is 8.31. The zero-order valence-electron chi connectivity index (χ0n) is 9.90. The van der Waals surface area contributed by atoms with E-state index in [1.807, 2.05) is 24.3 Å². The zero-order chi connectivity index (χ0) is 12.1. The number of anilines is 1. The molecule has 0 amide bonds. The van der Waals surface area contributed by atoms with Crippen molar-refractivity contribution in [2.45, 2.75) is 6.54 Å². The van der Waals surface area contributed by atoms with Gasteiger partial charge in [0.2, 0.25) is 0 Å². The van der Waals surface area contributed by atoms with Gasteiger partial charge in [-0.2, -0.15) is 0 Å². The largest absolute Gasteiger partial charge is 0.497 e. The van der Waals surface area contributed by atoms with Crippen molar-refractivity contribution in [2.75, 3.05) is 19.5 Å². The fraction of sp³-hybridized carbons (Fsp3) is 0.231. The standard InChI is InChI=1S/C13H15NO2S/c1-15-11-6-10(7-12(8-11)16-2)14-9-13-4-3-5-17-13/h3-8,14H,9H2,1-2H3. The molecule has 0 unspecified atom stereocenters. The van der Waals surface area contributed by atoms with E-state index in [1.54, 1.807) is 25.6 Å². The Bertz CT molecular complexity index is 446. The van der Waals surface area contributed by atoms with E-state index in [0.717, 1.165) is 23.7 Å². The molecule has 0 saturated carbocycles. The number of rotatable bonds is 5. The molecule has 0 saturated heterocycles. The minimum Gasteiger partial charge on any atom is -0.497 e. The van der Waals surface area contributed by atoms with Gasteiger partial charge in [0.25, 0.3) is 0 Å². The minimum absolute atomic E-state index is 0.790. The molecule has 90 valence electrons. The molecule has 2 aromatic rings. The molecule has 0 bridgehead atoms. The molecular formula is C13H15NO2S. The molecule has 0 aliphatic rings. The summed E-state index contributed by atoms with van der Waals surface area (Å²) in [4.78, 5) is 1.30. The van der Waals surface area contributed by atoms with Gasteiger partial charge in [-0.1, -0.05) is 6.07 Å². The van der Waals surface area contributed by atoms with Crippen molar-refractivity contribution >= 4 is 17.0 Å². The summed E-state index contributed by atoms with van der Waals surface area (Å²) in [5, 5.41) is 5.42. The van der Waals surface area contributed by atoms with Gasteiger partial charge in [0.05, 0.1) is 14.2 Å². The van der Waals surface area contributed by atoms with Crippen LogP contribution in [0.25, 0.3) is 0 Å². The maximum absolute atomic E-state index is 5.22. The third-order valence-corrected chi connectivity index (χ3v) is 3.27. The molecule has 0 aliphatic heterocycles. The monoisotopic (exact) mass is 249 g/mol. The molecule has 1 aromatic heterocycles. The fourth-order valence-corrected chi connectivity index (χ4v) is 2.16. The van der Waals surface area contributed by atoms with E-state index in [-0.39, 0.29) is 0 Å². The summed E-state index contributed by atoms with van der Waals surface area (Å²) in [6.07, 6.45) is 0. The summed E-state index contributed by atoms with van der Waals surface area (Å²) in [5.41, 5.74) is 0.995. The van der Waals surface area contributed by atoms with Crippen molar-refractivity contribution in [3.8, 4) is 11.5 Å². The third kappa shape index (κ3) is 3.14. The van der Waals surface area contributed by atoms with Gasteiger partial charge in [0.1, 0.15) is 11.5 Å². The molecule has 2 rings (SSSR count). The number of ether oxygens (including phenoxy) is 2. The third-order valence-electron chi connectivity index (χ3n) is 2.40. The lowest BCUT2D eigenvalue weighted by Gasteiger charge is -2.09. The molecular weight excluding hydrogens is 234 g/mol. The number of hydrogen-bond acceptors (Lipinski definition) is 4. The van der Waals surface area contributed by atoms with Crippen molar-refractivity contribution in [1.82, 2.24) is 0 Å². The number of thiophene rings is 1. The van der Waals surface area contributed by atoms with Gasteiger partial charge >= 0.3 is 0 Å². The fourth-order valence-electron chi connectivity index (χ4n) is 1.51. The van der Waals surface area contributed by atoms with E-state index < -0.39 is 0 Å². The Morgan fingerprint density at radius 2 is 1.82 bits per heavy atom. The maximum atomic E-state index is 5.22. The summed E-state index contributed by atoms with van der Waals surface area (Å²) in [6.45, 7) is 0.813. The molecule has 1 aromatic carbocycles. The Kier molecular flexibility index (Phi) is 3.88. The van der Waals surface area contributed by atoms with Crippen LogP contribution < -0.4 is 14.8 Å². The second-order valence-corrected chi connectivity index (χ2v) is 4.57. The predicted octanol–water partition coefficient (Wildman–Crippen LogP) is 3.38. The van der Waals surface area contributed by atoms with Crippen molar-refractivity contribution in [2.24, 2.45) is 0 Å². The van der Waals surface area contributed by atoms with Gasteiger partial charge in [-0.3, -0.25) is 0 Å². The smallest absolute Gasteiger partial charge is 0.124 e. The van der Waals surface area contributed by atoms with Gasteiger partial charge in [0.15, 0.2) is 0 Å². The van der Waals surface area contributed by atoms with Crippen LogP contribution in [-0.4, -0.2) is 14.2 Å². The first kappa shape index (κ1) is 11.8. The highest BCUT2D eigenvalue weighted by atomic mass is 32.1. The van der Waals surface area contributed by atoms with E-state index in [9.17, 15) is 0 Å². The minimum atomic E-state index is 0.790. The lowest BCUT2D eigenvalue weighted by molar-refractivity contribution is 0.394. The molecule has 0 aliphatic carbocycles.